The van der Waals surface area contributed by atoms with E-state index >= 15 is 0 Å². The number of fused-ring (bicyclic) bond motifs is 3. The number of hydrogen-bond donors (Lipinski definition) is 2. The predicted octanol–water partition coefficient (Wildman–Crippen LogP) is 3.15. The van der Waals surface area contributed by atoms with Gasteiger partial charge >= 0.3 is 0 Å². The van der Waals surface area contributed by atoms with E-state index in [0.717, 1.165) is 80.1 Å². The van der Waals surface area contributed by atoms with E-state index in [-0.39, 0.29) is 5.60 Å². The molecule has 1 saturated heterocycles. The summed E-state index contributed by atoms with van der Waals surface area (Å²) in [5.74, 6) is 2.07. The minimum atomic E-state index is -0.0897. The lowest BCUT2D eigenvalue weighted by Crippen LogP contribution is -3.14. The number of aromatic nitrogens is 2. The number of hydrogen-bond acceptors (Lipinski definition) is 7. The maximum absolute atomic E-state index is 6.19. The minimum absolute atomic E-state index is 0.0897. The number of ether oxygens (including phenoxy) is 2. The van der Waals surface area contributed by atoms with Gasteiger partial charge in [-0.25, -0.2) is 9.97 Å². The van der Waals surface area contributed by atoms with Crippen LogP contribution in [0.25, 0.3) is 10.2 Å². The van der Waals surface area contributed by atoms with Gasteiger partial charge in [0, 0.05) is 30.0 Å². The molecule has 4 heterocycles. The van der Waals surface area contributed by atoms with Gasteiger partial charge in [-0.05, 0) is 25.3 Å². The Balaban J connectivity index is 1.54. The molecule has 8 heteroatoms. The zero-order valence-electron chi connectivity index (χ0n) is 18.5. The van der Waals surface area contributed by atoms with Crippen LogP contribution in [0.4, 0.5) is 5.82 Å². The Kier molecular flexibility index (Phi) is 7.52. The topological polar surface area (TPSA) is 60.7 Å². The Bertz CT molecular complexity index is 853. The molecule has 2 N–H and O–H groups in total. The fourth-order valence-electron chi connectivity index (χ4n) is 4.12. The smallest absolute Gasteiger partial charge is 0.190 e. The van der Waals surface area contributed by atoms with Crippen LogP contribution in [0.3, 0.4) is 0 Å². The van der Waals surface area contributed by atoms with E-state index in [0.29, 0.717) is 6.61 Å². The number of nitrogens with one attached hydrogen (secondary N) is 2. The fraction of sp³-hybridized carbons (Fsp3) is 0.727. The van der Waals surface area contributed by atoms with Gasteiger partial charge in [0.25, 0.3) is 0 Å². The molecule has 166 valence electrons. The molecule has 30 heavy (non-hydrogen) atoms. The largest absolute Gasteiger partial charge is 0.370 e. The molecule has 0 amide bonds. The Morgan fingerprint density at radius 3 is 2.83 bits per heavy atom. The summed E-state index contributed by atoms with van der Waals surface area (Å²) in [4.78, 5) is 14.0. The molecular formula is C22H35N4O2S2+. The average Bonchev–Trinajstić information content (AvgIpc) is 3.13. The summed E-state index contributed by atoms with van der Waals surface area (Å²) in [5.41, 5.74) is 1.31. The van der Waals surface area contributed by atoms with Crippen LogP contribution in [-0.4, -0.2) is 60.7 Å². The maximum atomic E-state index is 6.19. The molecule has 1 atom stereocenters. The van der Waals surface area contributed by atoms with Crippen molar-refractivity contribution in [1.29, 1.82) is 0 Å². The molecule has 0 radical (unpaired) electrons. The third kappa shape index (κ3) is 5.10. The van der Waals surface area contributed by atoms with Crippen LogP contribution >= 0.6 is 23.1 Å². The minimum Gasteiger partial charge on any atom is -0.370 e. The van der Waals surface area contributed by atoms with Crippen LogP contribution in [0.2, 0.25) is 0 Å². The molecule has 2 aromatic heterocycles. The van der Waals surface area contributed by atoms with E-state index in [1.54, 1.807) is 28.0 Å². The van der Waals surface area contributed by atoms with E-state index in [9.17, 15) is 0 Å². The molecule has 2 aromatic rings. The van der Waals surface area contributed by atoms with Gasteiger partial charge in [-0.1, -0.05) is 25.6 Å². The zero-order chi connectivity index (χ0) is 21.0. The predicted molar refractivity (Wildman–Crippen MR) is 125 cm³/mol. The van der Waals surface area contributed by atoms with Crippen molar-refractivity contribution in [2.75, 3.05) is 50.5 Å². The van der Waals surface area contributed by atoms with Gasteiger partial charge in [0.1, 0.15) is 23.7 Å². The quantitative estimate of drug-likeness (QED) is 0.347. The van der Waals surface area contributed by atoms with Crippen molar-refractivity contribution in [2.24, 2.45) is 0 Å². The molecule has 6 nitrogen and oxygen atoms in total. The zero-order valence-corrected chi connectivity index (χ0v) is 20.1. The highest BCUT2D eigenvalue weighted by Crippen LogP contribution is 2.42. The molecule has 0 aromatic carbocycles. The molecule has 2 aliphatic heterocycles. The molecule has 1 fully saturated rings. The van der Waals surface area contributed by atoms with Crippen molar-refractivity contribution in [1.82, 2.24) is 9.97 Å². The van der Waals surface area contributed by atoms with Crippen molar-refractivity contribution in [3.63, 3.8) is 0 Å². The summed E-state index contributed by atoms with van der Waals surface area (Å²) < 4.78 is 11.7. The van der Waals surface area contributed by atoms with Gasteiger partial charge in [-0.3, -0.25) is 0 Å². The molecule has 0 unspecified atom stereocenters. The van der Waals surface area contributed by atoms with Gasteiger partial charge in [0.05, 0.1) is 37.4 Å². The standard InChI is InChI=1S/C22H34N4O2S2/c1-4-13-29-21-24-19(23-7-6-8-26-9-11-27-12-10-26)18-16-14-22(3,5-2)28-15-17(16)30-20(18)25-21/h4-15H2,1-3H3,(H,23,24,25)/p+1/t22-/m0/s1. The highest BCUT2D eigenvalue weighted by atomic mass is 32.2. The van der Waals surface area contributed by atoms with E-state index in [4.69, 9.17) is 19.4 Å². The summed E-state index contributed by atoms with van der Waals surface area (Å²) in [6.45, 7) is 13.5. The summed E-state index contributed by atoms with van der Waals surface area (Å²) in [7, 11) is 0. The van der Waals surface area contributed by atoms with Crippen molar-refractivity contribution in [3.8, 4) is 0 Å². The monoisotopic (exact) mass is 451 g/mol. The lowest BCUT2D eigenvalue weighted by Gasteiger charge is -2.33. The number of morpholine rings is 1. The molecule has 0 spiro atoms. The number of thioether (sulfide) groups is 1. The molecular weight excluding hydrogens is 416 g/mol. The average molecular weight is 452 g/mol. The van der Waals surface area contributed by atoms with Crippen LogP contribution in [0.5, 0.6) is 0 Å². The second kappa shape index (κ2) is 10.1. The first kappa shape index (κ1) is 22.3. The van der Waals surface area contributed by atoms with Gasteiger partial charge in [0.2, 0.25) is 0 Å². The maximum Gasteiger partial charge on any atom is 0.190 e. The fourth-order valence-corrected chi connectivity index (χ4v) is 5.98. The number of rotatable bonds is 9. The van der Waals surface area contributed by atoms with Crippen molar-refractivity contribution in [3.05, 3.63) is 10.4 Å². The van der Waals surface area contributed by atoms with Crippen LogP contribution in [0.1, 0.15) is 50.5 Å². The molecule has 2 aliphatic rings. The molecule has 0 saturated carbocycles. The highest BCUT2D eigenvalue weighted by Gasteiger charge is 2.33. The Morgan fingerprint density at radius 2 is 2.07 bits per heavy atom. The Labute approximate surface area is 188 Å². The first-order chi connectivity index (χ1) is 14.6. The van der Waals surface area contributed by atoms with Crippen LogP contribution < -0.4 is 10.2 Å². The second-order valence-electron chi connectivity index (χ2n) is 8.55. The summed E-state index contributed by atoms with van der Waals surface area (Å²) in [5, 5.41) is 5.81. The third-order valence-corrected chi connectivity index (χ3v) is 8.35. The van der Waals surface area contributed by atoms with Gasteiger partial charge in [0.15, 0.2) is 5.16 Å². The third-order valence-electron chi connectivity index (χ3n) is 6.20. The number of nitrogens with zero attached hydrogens (tertiary/aromatic N) is 2. The second-order valence-corrected chi connectivity index (χ2v) is 10.7. The summed E-state index contributed by atoms with van der Waals surface area (Å²) >= 11 is 3.54. The molecule has 0 bridgehead atoms. The van der Waals surface area contributed by atoms with Gasteiger partial charge in [-0.15, -0.1) is 11.3 Å². The first-order valence-electron chi connectivity index (χ1n) is 11.4. The SMILES string of the molecule is CCCSc1nc(NCCC[NH+]2CCOCC2)c2c3c(sc2n1)CO[C@@](C)(CC)C3. The number of anilines is 1. The summed E-state index contributed by atoms with van der Waals surface area (Å²) in [6.07, 6.45) is 4.22. The van der Waals surface area contributed by atoms with Crippen molar-refractivity contribution >= 4 is 39.1 Å². The van der Waals surface area contributed by atoms with E-state index in [1.165, 1.54) is 22.4 Å². The first-order valence-corrected chi connectivity index (χ1v) is 13.2. The lowest BCUT2D eigenvalue weighted by molar-refractivity contribution is -0.908. The highest BCUT2D eigenvalue weighted by molar-refractivity contribution is 7.99. The molecule has 0 aliphatic carbocycles. The van der Waals surface area contributed by atoms with Gasteiger partial charge < -0.3 is 19.7 Å². The Morgan fingerprint density at radius 1 is 1.23 bits per heavy atom. The van der Waals surface area contributed by atoms with Crippen LogP contribution in [0, 0.1) is 0 Å². The van der Waals surface area contributed by atoms with Crippen molar-refractivity contribution in [2.45, 2.75) is 63.8 Å². The number of thiophene rings is 1. The van der Waals surface area contributed by atoms with Crippen LogP contribution in [-0.2, 0) is 22.5 Å². The lowest BCUT2D eigenvalue weighted by atomic mass is 9.90. The number of quaternary nitrogens is 1. The Hall–Kier alpha value is -0.930. The normalized spacial score (nSPS) is 22.4. The van der Waals surface area contributed by atoms with Gasteiger partial charge in [-0.2, -0.15) is 0 Å². The van der Waals surface area contributed by atoms with E-state index < -0.39 is 0 Å². The summed E-state index contributed by atoms with van der Waals surface area (Å²) in [6, 6.07) is 0. The van der Waals surface area contributed by atoms with Crippen molar-refractivity contribution < 1.29 is 14.4 Å². The molecule has 4 rings (SSSR count). The van der Waals surface area contributed by atoms with E-state index in [1.807, 2.05) is 0 Å². The van der Waals surface area contributed by atoms with E-state index in [2.05, 4.69) is 26.1 Å². The van der Waals surface area contributed by atoms with Crippen LogP contribution in [0.15, 0.2) is 5.16 Å².